The number of amides is 1. The highest BCUT2D eigenvalue weighted by Crippen LogP contribution is 2.25. The number of rotatable bonds is 4. The van der Waals surface area contributed by atoms with Crippen LogP contribution in [0.2, 0.25) is 0 Å². The summed E-state index contributed by atoms with van der Waals surface area (Å²) in [6.45, 7) is 1.91. The SMILES string of the molecule is C[C@@H]1CC[C@H](C(=O)O)N1C(=O)CCc1cccnc1. The molecule has 0 aromatic carbocycles. The molecule has 0 aliphatic carbocycles. The second kappa shape index (κ2) is 5.82. The van der Waals surface area contributed by atoms with Crippen molar-refractivity contribution in [3.05, 3.63) is 30.1 Å². The van der Waals surface area contributed by atoms with E-state index in [-0.39, 0.29) is 11.9 Å². The fourth-order valence-corrected chi connectivity index (χ4v) is 2.57. The Morgan fingerprint density at radius 1 is 1.47 bits per heavy atom. The van der Waals surface area contributed by atoms with Gasteiger partial charge in [-0.2, -0.15) is 0 Å². The highest BCUT2D eigenvalue weighted by Gasteiger charge is 2.38. The minimum absolute atomic E-state index is 0.0162. The number of aromatic nitrogens is 1. The van der Waals surface area contributed by atoms with E-state index in [1.807, 2.05) is 19.1 Å². The summed E-state index contributed by atoms with van der Waals surface area (Å²) in [5.74, 6) is -0.986. The van der Waals surface area contributed by atoms with E-state index < -0.39 is 12.0 Å². The molecule has 102 valence electrons. The van der Waals surface area contributed by atoms with E-state index in [1.165, 1.54) is 4.90 Å². The summed E-state index contributed by atoms with van der Waals surface area (Å²) in [5, 5.41) is 9.13. The largest absolute Gasteiger partial charge is 0.480 e. The van der Waals surface area contributed by atoms with Crippen molar-refractivity contribution in [2.24, 2.45) is 0 Å². The van der Waals surface area contributed by atoms with Crippen molar-refractivity contribution < 1.29 is 14.7 Å². The summed E-state index contributed by atoms with van der Waals surface area (Å²) < 4.78 is 0. The Morgan fingerprint density at radius 3 is 2.89 bits per heavy atom. The smallest absolute Gasteiger partial charge is 0.326 e. The monoisotopic (exact) mass is 262 g/mol. The molecule has 1 aliphatic heterocycles. The third kappa shape index (κ3) is 3.10. The molecule has 0 spiro atoms. The van der Waals surface area contributed by atoms with Crippen molar-refractivity contribution in [1.29, 1.82) is 0 Å². The molecule has 1 fully saturated rings. The first-order chi connectivity index (χ1) is 9.09. The molecular weight excluding hydrogens is 244 g/mol. The Balaban J connectivity index is 1.97. The van der Waals surface area contributed by atoms with Gasteiger partial charge in [0.25, 0.3) is 0 Å². The molecule has 2 rings (SSSR count). The molecule has 5 nitrogen and oxygen atoms in total. The van der Waals surface area contributed by atoms with Crippen molar-refractivity contribution in [1.82, 2.24) is 9.88 Å². The summed E-state index contributed by atoms with van der Waals surface area (Å²) in [4.78, 5) is 28.8. The van der Waals surface area contributed by atoms with E-state index in [4.69, 9.17) is 5.11 Å². The van der Waals surface area contributed by atoms with Gasteiger partial charge in [0.05, 0.1) is 0 Å². The lowest BCUT2D eigenvalue weighted by molar-refractivity contribution is -0.149. The summed E-state index contributed by atoms with van der Waals surface area (Å²) in [6, 6.07) is 3.11. The minimum atomic E-state index is -0.904. The quantitative estimate of drug-likeness (QED) is 0.892. The second-order valence-electron chi connectivity index (χ2n) is 4.94. The third-order valence-electron chi connectivity index (χ3n) is 3.59. The fourth-order valence-electron chi connectivity index (χ4n) is 2.57. The van der Waals surface area contributed by atoms with Crippen molar-refractivity contribution >= 4 is 11.9 Å². The molecule has 1 aromatic heterocycles. The number of aliphatic carboxylic acids is 1. The van der Waals surface area contributed by atoms with Crippen LogP contribution in [-0.4, -0.2) is 39.0 Å². The molecule has 1 aliphatic rings. The van der Waals surface area contributed by atoms with E-state index in [9.17, 15) is 9.59 Å². The van der Waals surface area contributed by atoms with Gasteiger partial charge < -0.3 is 10.0 Å². The number of hydrogen-bond donors (Lipinski definition) is 1. The number of carbonyl (C=O) groups excluding carboxylic acids is 1. The summed E-state index contributed by atoms with van der Waals surface area (Å²) in [7, 11) is 0. The van der Waals surface area contributed by atoms with E-state index in [0.29, 0.717) is 19.3 Å². The standard InChI is InChI=1S/C14H18N2O3/c1-10-4-6-12(14(18)19)16(10)13(17)7-5-11-3-2-8-15-9-11/h2-3,8-10,12H,4-7H2,1H3,(H,18,19)/t10-,12-/m1/s1. The minimum Gasteiger partial charge on any atom is -0.480 e. The molecule has 1 aromatic rings. The number of carboxylic acids is 1. The molecule has 1 amide bonds. The third-order valence-corrected chi connectivity index (χ3v) is 3.59. The predicted molar refractivity (Wildman–Crippen MR) is 69.5 cm³/mol. The van der Waals surface area contributed by atoms with Crippen molar-refractivity contribution in [3.8, 4) is 0 Å². The van der Waals surface area contributed by atoms with Crippen LogP contribution in [0.1, 0.15) is 31.7 Å². The van der Waals surface area contributed by atoms with Crippen LogP contribution >= 0.6 is 0 Å². The van der Waals surface area contributed by atoms with Crippen molar-refractivity contribution in [2.75, 3.05) is 0 Å². The van der Waals surface area contributed by atoms with Gasteiger partial charge in [-0.05, 0) is 37.8 Å². The Bertz CT molecular complexity index is 461. The van der Waals surface area contributed by atoms with Gasteiger partial charge in [-0.3, -0.25) is 9.78 Å². The highest BCUT2D eigenvalue weighted by molar-refractivity contribution is 5.84. The first-order valence-electron chi connectivity index (χ1n) is 6.52. The second-order valence-corrected chi connectivity index (χ2v) is 4.94. The van der Waals surface area contributed by atoms with Crippen LogP contribution in [0.15, 0.2) is 24.5 Å². The zero-order valence-corrected chi connectivity index (χ0v) is 11.0. The summed E-state index contributed by atoms with van der Waals surface area (Å²) in [6.07, 6.45) is 5.66. The van der Waals surface area contributed by atoms with E-state index in [2.05, 4.69) is 4.98 Å². The zero-order chi connectivity index (χ0) is 13.8. The van der Waals surface area contributed by atoms with E-state index in [0.717, 1.165) is 12.0 Å². The Hall–Kier alpha value is -1.91. The van der Waals surface area contributed by atoms with Gasteiger partial charge in [-0.1, -0.05) is 6.07 Å². The Kier molecular flexibility index (Phi) is 4.14. The molecule has 0 radical (unpaired) electrons. The van der Waals surface area contributed by atoms with Gasteiger partial charge in [-0.25, -0.2) is 4.79 Å². The highest BCUT2D eigenvalue weighted by atomic mass is 16.4. The molecule has 19 heavy (non-hydrogen) atoms. The lowest BCUT2D eigenvalue weighted by atomic mass is 10.1. The molecule has 0 unspecified atom stereocenters. The number of hydrogen-bond acceptors (Lipinski definition) is 3. The number of carboxylic acid groups (broad SMARTS) is 1. The molecule has 2 heterocycles. The van der Waals surface area contributed by atoms with Gasteiger partial charge in [0.15, 0.2) is 0 Å². The number of carbonyl (C=O) groups is 2. The number of pyridine rings is 1. The lowest BCUT2D eigenvalue weighted by Gasteiger charge is -2.26. The fraction of sp³-hybridized carbons (Fsp3) is 0.500. The average Bonchev–Trinajstić information content (AvgIpc) is 2.79. The normalized spacial score (nSPS) is 22.5. The summed E-state index contributed by atoms with van der Waals surface area (Å²) in [5.41, 5.74) is 0.995. The van der Waals surface area contributed by atoms with Crippen molar-refractivity contribution in [3.63, 3.8) is 0 Å². The molecule has 2 atom stereocenters. The molecule has 0 bridgehead atoms. The Morgan fingerprint density at radius 2 is 2.26 bits per heavy atom. The lowest BCUT2D eigenvalue weighted by Crippen LogP contribution is -2.44. The number of aryl methyl sites for hydroxylation is 1. The first-order valence-corrected chi connectivity index (χ1v) is 6.52. The molecule has 5 heteroatoms. The van der Waals surface area contributed by atoms with Crippen LogP contribution in [0.25, 0.3) is 0 Å². The van der Waals surface area contributed by atoms with Gasteiger partial charge >= 0.3 is 5.97 Å². The van der Waals surface area contributed by atoms with E-state index >= 15 is 0 Å². The molecule has 0 saturated carbocycles. The summed E-state index contributed by atoms with van der Waals surface area (Å²) >= 11 is 0. The van der Waals surface area contributed by atoms with Crippen molar-refractivity contribution in [2.45, 2.75) is 44.7 Å². The zero-order valence-electron chi connectivity index (χ0n) is 11.0. The maximum Gasteiger partial charge on any atom is 0.326 e. The van der Waals surface area contributed by atoms with Crippen LogP contribution in [0.4, 0.5) is 0 Å². The number of nitrogens with zero attached hydrogens (tertiary/aromatic N) is 2. The van der Waals surface area contributed by atoms with Gasteiger partial charge in [-0.15, -0.1) is 0 Å². The van der Waals surface area contributed by atoms with E-state index in [1.54, 1.807) is 12.4 Å². The molecular formula is C14H18N2O3. The maximum absolute atomic E-state index is 12.2. The van der Waals surface area contributed by atoms with Gasteiger partial charge in [0.2, 0.25) is 5.91 Å². The predicted octanol–water partition coefficient (Wildman–Crippen LogP) is 1.48. The van der Waals surface area contributed by atoms with Crippen LogP contribution in [0.3, 0.4) is 0 Å². The van der Waals surface area contributed by atoms with Crippen LogP contribution in [-0.2, 0) is 16.0 Å². The topological polar surface area (TPSA) is 70.5 Å². The van der Waals surface area contributed by atoms with Crippen LogP contribution in [0.5, 0.6) is 0 Å². The first kappa shape index (κ1) is 13.5. The van der Waals surface area contributed by atoms with Crippen LogP contribution in [0, 0.1) is 0 Å². The maximum atomic E-state index is 12.2. The number of likely N-dealkylation sites (tertiary alicyclic amines) is 1. The van der Waals surface area contributed by atoms with Gasteiger partial charge in [0, 0.05) is 24.9 Å². The Labute approximate surface area is 112 Å². The molecule has 1 saturated heterocycles. The molecule has 1 N–H and O–H groups in total. The van der Waals surface area contributed by atoms with Gasteiger partial charge in [0.1, 0.15) is 6.04 Å². The average molecular weight is 262 g/mol. The van der Waals surface area contributed by atoms with Crippen LogP contribution < -0.4 is 0 Å².